The topological polar surface area (TPSA) is 118 Å². The monoisotopic (exact) mass is 400 g/mol. The van der Waals surface area contributed by atoms with Crippen LogP contribution < -0.4 is 9.47 Å². The number of phenolic OH excluding ortho intramolecular Hbond substituents is 1. The van der Waals surface area contributed by atoms with Crippen molar-refractivity contribution in [1.29, 1.82) is 0 Å². The van der Waals surface area contributed by atoms with Crippen molar-refractivity contribution in [2.75, 3.05) is 21.3 Å². The van der Waals surface area contributed by atoms with Crippen molar-refractivity contribution in [1.82, 2.24) is 0 Å². The molecule has 2 aromatic rings. The van der Waals surface area contributed by atoms with Gasteiger partial charge in [0.2, 0.25) is 18.4 Å². The van der Waals surface area contributed by atoms with Gasteiger partial charge in [0.15, 0.2) is 17.8 Å². The van der Waals surface area contributed by atoms with E-state index in [-0.39, 0.29) is 33.8 Å². The highest BCUT2D eigenvalue weighted by molar-refractivity contribution is 6.20. The Morgan fingerprint density at radius 1 is 1.00 bits per heavy atom. The van der Waals surface area contributed by atoms with Crippen LogP contribution in [-0.2, 0) is 14.2 Å². The fraction of sp³-hybridized carbons (Fsp3) is 0.250. The zero-order chi connectivity index (χ0) is 20.9. The van der Waals surface area contributed by atoms with Crippen LogP contribution in [0.15, 0.2) is 18.2 Å². The van der Waals surface area contributed by atoms with Gasteiger partial charge in [0, 0.05) is 19.8 Å². The molecule has 0 amide bonds. The number of aromatic hydroxyl groups is 1. The molecule has 2 aliphatic heterocycles. The third-order valence-electron chi connectivity index (χ3n) is 4.88. The normalized spacial score (nSPS) is 18.2. The molecule has 2 aliphatic rings. The molecule has 0 spiro atoms. The number of aldehydes is 1. The van der Waals surface area contributed by atoms with Gasteiger partial charge in [-0.1, -0.05) is 6.07 Å². The third-order valence-corrected chi connectivity index (χ3v) is 4.88. The lowest BCUT2D eigenvalue weighted by molar-refractivity contribution is -0.0926. The van der Waals surface area contributed by atoms with E-state index in [4.69, 9.17) is 23.7 Å². The molecule has 9 nitrogen and oxygen atoms in total. The average molecular weight is 400 g/mol. The van der Waals surface area contributed by atoms with Crippen LogP contribution in [0.4, 0.5) is 0 Å². The second-order valence-electron chi connectivity index (χ2n) is 6.32. The van der Waals surface area contributed by atoms with Crippen molar-refractivity contribution in [2.45, 2.75) is 12.6 Å². The first kappa shape index (κ1) is 18.9. The van der Waals surface area contributed by atoms with Gasteiger partial charge in [-0.05, 0) is 12.1 Å². The van der Waals surface area contributed by atoms with Gasteiger partial charge in [-0.3, -0.25) is 9.59 Å². The minimum absolute atomic E-state index is 0.0194. The van der Waals surface area contributed by atoms with Crippen molar-refractivity contribution in [2.24, 2.45) is 0 Å². The van der Waals surface area contributed by atoms with E-state index in [0.29, 0.717) is 17.4 Å². The summed E-state index contributed by atoms with van der Waals surface area (Å²) in [5, 5.41) is 10.7. The van der Waals surface area contributed by atoms with E-state index in [9.17, 15) is 19.5 Å². The fourth-order valence-corrected chi connectivity index (χ4v) is 3.43. The first-order valence-electron chi connectivity index (χ1n) is 8.50. The van der Waals surface area contributed by atoms with Crippen LogP contribution in [0.3, 0.4) is 0 Å². The van der Waals surface area contributed by atoms with Crippen LogP contribution in [0.2, 0.25) is 0 Å². The Morgan fingerprint density at radius 2 is 1.66 bits per heavy atom. The summed E-state index contributed by atoms with van der Waals surface area (Å²) >= 11 is 0. The van der Waals surface area contributed by atoms with E-state index in [1.807, 2.05) is 0 Å². The SMILES string of the molecule is COC(=O)c1cc2c(c(O)c1C(=O)c1c(C=O)ccc3c1OC3OC)OC2OC. The highest BCUT2D eigenvalue weighted by Crippen LogP contribution is 2.51. The lowest BCUT2D eigenvalue weighted by Crippen LogP contribution is -2.27. The molecule has 4 rings (SSSR count). The minimum Gasteiger partial charge on any atom is -0.504 e. The Balaban J connectivity index is 1.92. The molecule has 0 saturated heterocycles. The fourth-order valence-electron chi connectivity index (χ4n) is 3.43. The molecule has 0 saturated carbocycles. The summed E-state index contributed by atoms with van der Waals surface area (Å²) in [7, 11) is 3.98. The molecule has 0 aliphatic carbocycles. The van der Waals surface area contributed by atoms with E-state index >= 15 is 0 Å². The summed E-state index contributed by atoms with van der Waals surface area (Å²) < 4.78 is 25.7. The van der Waals surface area contributed by atoms with E-state index in [1.54, 1.807) is 6.07 Å². The lowest BCUT2D eigenvalue weighted by Gasteiger charge is -2.33. The Hall–Kier alpha value is -3.43. The molecule has 2 atom stereocenters. The first-order chi connectivity index (χ1) is 14.0. The maximum atomic E-state index is 13.4. The number of hydrogen-bond donors (Lipinski definition) is 1. The standard InChI is InChI=1S/C20H16O9/c1-25-18(24)10-6-11-17(29-20(11)27-3)15(23)13(10)14(22)12-8(7-21)4-5-9-16(12)28-19(9)26-2/h4-7,19-20,23H,1-3H3. The summed E-state index contributed by atoms with van der Waals surface area (Å²) in [6, 6.07) is 4.42. The molecule has 1 N–H and O–H groups in total. The highest BCUT2D eigenvalue weighted by Gasteiger charge is 2.41. The van der Waals surface area contributed by atoms with Gasteiger partial charge in [0.05, 0.1) is 34.9 Å². The zero-order valence-electron chi connectivity index (χ0n) is 15.7. The molecular weight excluding hydrogens is 384 g/mol. The van der Waals surface area contributed by atoms with Gasteiger partial charge in [-0.2, -0.15) is 0 Å². The predicted octanol–water partition coefficient (Wildman–Crippen LogP) is 2.30. The number of benzene rings is 2. The Morgan fingerprint density at radius 3 is 2.28 bits per heavy atom. The van der Waals surface area contributed by atoms with Crippen molar-refractivity contribution < 1.29 is 43.2 Å². The summed E-state index contributed by atoms with van der Waals surface area (Å²) in [5.74, 6) is -2.00. The number of carbonyl (C=O) groups excluding carboxylic acids is 3. The van der Waals surface area contributed by atoms with Crippen LogP contribution in [0, 0.1) is 0 Å². The summed E-state index contributed by atoms with van der Waals surface area (Å²) in [6.45, 7) is 0. The van der Waals surface area contributed by atoms with Gasteiger partial charge in [0.25, 0.3) is 0 Å². The predicted molar refractivity (Wildman–Crippen MR) is 95.5 cm³/mol. The maximum Gasteiger partial charge on any atom is 0.338 e. The molecular formula is C20H16O9. The summed E-state index contributed by atoms with van der Waals surface area (Å²) in [4.78, 5) is 37.3. The Labute approximate surface area is 164 Å². The van der Waals surface area contributed by atoms with Crippen molar-refractivity contribution in [3.05, 3.63) is 51.6 Å². The van der Waals surface area contributed by atoms with Gasteiger partial charge in [-0.25, -0.2) is 4.79 Å². The molecule has 0 fully saturated rings. The number of methoxy groups -OCH3 is 3. The molecule has 0 aromatic heterocycles. The molecule has 2 heterocycles. The molecule has 0 bridgehead atoms. The van der Waals surface area contributed by atoms with Crippen LogP contribution in [0.5, 0.6) is 17.2 Å². The van der Waals surface area contributed by atoms with E-state index in [2.05, 4.69) is 0 Å². The van der Waals surface area contributed by atoms with Gasteiger partial charge >= 0.3 is 5.97 Å². The van der Waals surface area contributed by atoms with Gasteiger partial charge in [-0.15, -0.1) is 0 Å². The van der Waals surface area contributed by atoms with Crippen molar-refractivity contribution in [3.63, 3.8) is 0 Å². The number of phenols is 1. The number of ketones is 1. The molecule has 150 valence electrons. The third kappa shape index (κ3) is 2.59. The summed E-state index contributed by atoms with van der Waals surface area (Å²) in [5.41, 5.74) is 0.377. The number of carbonyl (C=O) groups is 3. The van der Waals surface area contributed by atoms with E-state index in [1.165, 1.54) is 26.4 Å². The lowest BCUT2D eigenvalue weighted by atomic mass is 9.88. The quantitative estimate of drug-likeness (QED) is 0.443. The van der Waals surface area contributed by atoms with Crippen LogP contribution in [0.25, 0.3) is 0 Å². The number of hydrogen-bond acceptors (Lipinski definition) is 9. The average Bonchev–Trinajstić information content (AvgIpc) is 2.69. The van der Waals surface area contributed by atoms with Gasteiger partial charge < -0.3 is 28.8 Å². The number of rotatable bonds is 6. The summed E-state index contributed by atoms with van der Waals surface area (Å²) in [6.07, 6.45) is -0.962. The smallest absolute Gasteiger partial charge is 0.338 e. The largest absolute Gasteiger partial charge is 0.504 e. The molecule has 9 heteroatoms. The molecule has 29 heavy (non-hydrogen) atoms. The van der Waals surface area contributed by atoms with Gasteiger partial charge in [0.1, 0.15) is 5.75 Å². The zero-order valence-corrected chi connectivity index (χ0v) is 15.7. The molecule has 2 aromatic carbocycles. The van der Waals surface area contributed by atoms with Crippen LogP contribution >= 0.6 is 0 Å². The maximum absolute atomic E-state index is 13.4. The number of ether oxygens (including phenoxy) is 5. The van der Waals surface area contributed by atoms with Crippen molar-refractivity contribution in [3.8, 4) is 17.2 Å². The van der Waals surface area contributed by atoms with Crippen molar-refractivity contribution >= 4 is 18.0 Å². The van der Waals surface area contributed by atoms with E-state index in [0.717, 1.165) is 7.11 Å². The minimum atomic E-state index is -0.841. The number of esters is 1. The second-order valence-corrected chi connectivity index (χ2v) is 6.32. The molecule has 0 radical (unpaired) electrons. The second kappa shape index (κ2) is 6.87. The Kier molecular flexibility index (Phi) is 4.48. The first-order valence-corrected chi connectivity index (χ1v) is 8.50. The van der Waals surface area contributed by atoms with E-state index < -0.39 is 30.1 Å². The van der Waals surface area contributed by atoms with Crippen LogP contribution in [0.1, 0.15) is 60.3 Å². The molecule has 2 unspecified atom stereocenters. The Bertz CT molecular complexity index is 1060. The highest BCUT2D eigenvalue weighted by atomic mass is 16.7. The number of fused-ring (bicyclic) bond motifs is 2. The van der Waals surface area contributed by atoms with Crippen LogP contribution in [-0.4, -0.2) is 44.5 Å².